The average molecular weight is 371 g/mol. The summed E-state index contributed by atoms with van der Waals surface area (Å²) >= 11 is 11.3. The van der Waals surface area contributed by atoms with Gasteiger partial charge in [-0.25, -0.2) is 0 Å². The van der Waals surface area contributed by atoms with Gasteiger partial charge in [-0.15, -0.1) is 23.2 Å². The molecule has 0 amide bonds. The van der Waals surface area contributed by atoms with E-state index in [0.29, 0.717) is 0 Å². The van der Waals surface area contributed by atoms with Gasteiger partial charge in [-0.2, -0.15) is 17.8 Å². The molecule has 124 valence electrons. The van der Waals surface area contributed by atoms with Crippen molar-refractivity contribution in [2.75, 3.05) is 14.2 Å². The molecule has 1 aromatic rings. The van der Waals surface area contributed by atoms with Gasteiger partial charge in [0.1, 0.15) is 10.9 Å². The Labute approximate surface area is 140 Å². The molecule has 1 atom stereocenters. The van der Waals surface area contributed by atoms with Gasteiger partial charge in [0.15, 0.2) is 0 Å². The molecule has 0 saturated carbocycles. The molecule has 0 bridgehead atoms. The zero-order valence-electron chi connectivity index (χ0n) is 12.3. The van der Waals surface area contributed by atoms with Gasteiger partial charge in [0, 0.05) is 13.5 Å². The molecule has 0 aliphatic heterocycles. The monoisotopic (exact) mass is 370 g/mol. The summed E-state index contributed by atoms with van der Waals surface area (Å²) in [4.78, 5) is 10.8. The van der Waals surface area contributed by atoms with E-state index in [-0.39, 0.29) is 11.3 Å². The number of benzene rings is 1. The number of aryl methyl sites for hydroxylation is 1. The number of carbonyl (C=O) groups excluding carboxylic acids is 1. The van der Waals surface area contributed by atoms with E-state index in [0.717, 1.165) is 10.6 Å². The molecule has 6 nitrogen and oxygen atoms in total. The van der Waals surface area contributed by atoms with Crippen LogP contribution in [0.5, 0.6) is 0 Å². The van der Waals surface area contributed by atoms with Crippen molar-refractivity contribution in [3.05, 3.63) is 29.8 Å². The largest absolute Gasteiger partial charge is 0.468 e. The predicted molar refractivity (Wildman–Crippen MR) is 83.1 cm³/mol. The van der Waals surface area contributed by atoms with E-state index < -0.39 is 27.0 Å². The Kier molecular flexibility index (Phi) is 7.08. The smallest absolute Gasteiger partial charge is 0.325 e. The minimum atomic E-state index is -4.07. The molecule has 0 spiro atoms. The number of hydroxylamine groups is 2. The molecule has 1 unspecified atom stereocenters. The van der Waals surface area contributed by atoms with Gasteiger partial charge in [-0.3, -0.25) is 4.79 Å². The van der Waals surface area contributed by atoms with Crippen LogP contribution in [0.15, 0.2) is 29.2 Å². The van der Waals surface area contributed by atoms with E-state index in [9.17, 15) is 13.2 Å². The van der Waals surface area contributed by atoms with E-state index >= 15 is 0 Å². The standard InChI is InChI=1S/C13H17Cl2NO5S/c1-9-4-6-10(7-5-9)22(18,19)21-16(2)11(8-12(14)15)13(17)20-3/h4-7,11-12H,8H2,1-3H3/i11+1. The van der Waals surface area contributed by atoms with Crippen molar-refractivity contribution in [1.82, 2.24) is 5.06 Å². The first kappa shape index (κ1) is 19.2. The first-order valence-electron chi connectivity index (χ1n) is 6.27. The Hall–Kier alpha value is -0.860. The first-order valence-corrected chi connectivity index (χ1v) is 8.55. The predicted octanol–water partition coefficient (Wildman–Crippen LogP) is 2.28. The van der Waals surface area contributed by atoms with Crippen LogP contribution < -0.4 is 0 Å². The van der Waals surface area contributed by atoms with Gasteiger partial charge in [-0.05, 0) is 19.1 Å². The summed E-state index contributed by atoms with van der Waals surface area (Å²) in [5, 5.41) is 0.874. The van der Waals surface area contributed by atoms with Crippen molar-refractivity contribution in [1.29, 1.82) is 0 Å². The fourth-order valence-corrected chi connectivity index (χ4v) is 2.96. The summed E-state index contributed by atoms with van der Waals surface area (Å²) in [6, 6.07) is 5.06. The topological polar surface area (TPSA) is 72.9 Å². The second kappa shape index (κ2) is 8.12. The number of nitrogens with zero attached hydrogens (tertiary/aromatic N) is 1. The Balaban J connectivity index is 2.93. The zero-order chi connectivity index (χ0) is 16.9. The van der Waals surface area contributed by atoms with Crippen LogP contribution in [0.3, 0.4) is 0 Å². The molecule has 1 aromatic carbocycles. The van der Waals surface area contributed by atoms with E-state index in [1.807, 2.05) is 6.92 Å². The van der Waals surface area contributed by atoms with Gasteiger partial charge in [0.05, 0.1) is 12.0 Å². The van der Waals surface area contributed by atoms with E-state index in [1.165, 1.54) is 26.3 Å². The number of halogens is 2. The third kappa shape index (κ3) is 5.40. The van der Waals surface area contributed by atoms with Gasteiger partial charge in [0.2, 0.25) is 0 Å². The van der Waals surface area contributed by atoms with Crippen LogP contribution in [0.1, 0.15) is 12.0 Å². The fraction of sp³-hybridized carbons (Fsp3) is 0.462. The molecule has 0 radical (unpaired) electrons. The van der Waals surface area contributed by atoms with Crippen molar-refractivity contribution in [2.24, 2.45) is 0 Å². The van der Waals surface area contributed by atoms with Crippen LogP contribution in [-0.4, -0.2) is 44.5 Å². The number of hydrogen-bond acceptors (Lipinski definition) is 6. The second-order valence-corrected chi connectivity index (χ2v) is 7.36. The van der Waals surface area contributed by atoms with Crippen LogP contribution in [0.2, 0.25) is 0 Å². The first-order chi connectivity index (χ1) is 10.2. The minimum absolute atomic E-state index is 0.0261. The fourth-order valence-electron chi connectivity index (χ4n) is 1.65. The molecule has 0 aromatic heterocycles. The highest BCUT2D eigenvalue weighted by Gasteiger charge is 2.31. The molecule has 0 saturated heterocycles. The Morgan fingerprint density at radius 1 is 1.27 bits per heavy atom. The van der Waals surface area contributed by atoms with Gasteiger partial charge in [0.25, 0.3) is 0 Å². The summed E-state index contributed by atoms with van der Waals surface area (Å²) in [5.74, 6) is -0.701. The molecule has 0 fully saturated rings. The number of rotatable bonds is 7. The maximum Gasteiger partial charge on any atom is 0.325 e. The van der Waals surface area contributed by atoms with Crippen LogP contribution in [-0.2, 0) is 23.9 Å². The summed E-state index contributed by atoms with van der Waals surface area (Å²) in [5.41, 5.74) is 0.909. The highest BCUT2D eigenvalue weighted by atomic mass is 35.5. The van der Waals surface area contributed by atoms with Crippen LogP contribution in [0.4, 0.5) is 0 Å². The highest BCUT2D eigenvalue weighted by Crippen LogP contribution is 2.19. The summed E-state index contributed by atoms with van der Waals surface area (Å²) in [6.45, 7) is 1.83. The molecular formula is C13H17Cl2NO5S. The Morgan fingerprint density at radius 3 is 2.27 bits per heavy atom. The lowest BCUT2D eigenvalue weighted by molar-refractivity contribution is -0.159. The zero-order valence-corrected chi connectivity index (χ0v) is 14.7. The van der Waals surface area contributed by atoms with Crippen LogP contribution in [0, 0.1) is 6.92 Å². The van der Waals surface area contributed by atoms with Crippen LogP contribution >= 0.6 is 23.2 Å². The van der Waals surface area contributed by atoms with E-state index in [2.05, 4.69) is 4.74 Å². The number of methoxy groups -OCH3 is 1. The number of likely N-dealkylation sites (N-methyl/N-ethyl adjacent to an activating group) is 1. The summed E-state index contributed by atoms with van der Waals surface area (Å²) in [7, 11) is -1.60. The van der Waals surface area contributed by atoms with Crippen molar-refractivity contribution in [3.8, 4) is 0 Å². The molecule has 0 aliphatic rings. The summed E-state index contributed by atoms with van der Waals surface area (Å²) < 4.78 is 33.9. The number of esters is 1. The molecule has 0 N–H and O–H groups in total. The Morgan fingerprint density at radius 2 is 1.82 bits per heavy atom. The van der Waals surface area contributed by atoms with Gasteiger partial charge in [-0.1, -0.05) is 17.7 Å². The quantitative estimate of drug-likeness (QED) is 0.317. The van der Waals surface area contributed by atoms with Crippen molar-refractivity contribution in [3.63, 3.8) is 0 Å². The van der Waals surface area contributed by atoms with Crippen molar-refractivity contribution in [2.45, 2.75) is 29.1 Å². The van der Waals surface area contributed by atoms with Gasteiger partial charge < -0.3 is 4.74 Å². The normalized spacial score (nSPS) is 13.4. The van der Waals surface area contributed by atoms with Gasteiger partial charge >= 0.3 is 16.1 Å². The molecular weight excluding hydrogens is 354 g/mol. The lowest BCUT2D eigenvalue weighted by atomic mass is 10.2. The van der Waals surface area contributed by atoms with E-state index in [4.69, 9.17) is 27.5 Å². The van der Waals surface area contributed by atoms with Crippen molar-refractivity contribution < 1.29 is 22.2 Å². The Bertz CT molecular complexity index is 603. The van der Waals surface area contributed by atoms with Crippen molar-refractivity contribution >= 4 is 39.3 Å². The number of ether oxygens (including phenoxy) is 1. The third-order valence-electron chi connectivity index (χ3n) is 2.84. The number of alkyl halides is 2. The average Bonchev–Trinajstić information content (AvgIpc) is 2.43. The lowest BCUT2D eigenvalue weighted by Gasteiger charge is -2.24. The minimum Gasteiger partial charge on any atom is -0.468 e. The third-order valence-corrected chi connectivity index (χ3v) is 4.48. The second-order valence-electron chi connectivity index (χ2n) is 4.55. The van der Waals surface area contributed by atoms with E-state index in [1.54, 1.807) is 12.1 Å². The molecule has 0 heterocycles. The van der Waals surface area contributed by atoms with Crippen LogP contribution in [0.25, 0.3) is 0 Å². The molecule has 22 heavy (non-hydrogen) atoms. The summed E-state index contributed by atoms with van der Waals surface area (Å²) in [6.07, 6.45) is -0.0459. The maximum atomic E-state index is 12.2. The lowest BCUT2D eigenvalue weighted by Crippen LogP contribution is -2.41. The number of carbonyl (C=O) groups is 1. The maximum absolute atomic E-state index is 12.2. The number of hydrogen-bond donors (Lipinski definition) is 0. The molecule has 9 heteroatoms. The molecule has 0 aliphatic carbocycles. The molecule has 1 rings (SSSR count). The highest BCUT2D eigenvalue weighted by molar-refractivity contribution is 7.86. The SMILES string of the molecule is COC(=O)[13CH](CC(Cl)Cl)N(C)OS(=O)(=O)c1ccc(C)cc1.